The van der Waals surface area contributed by atoms with E-state index in [1.165, 1.54) is 0 Å². The molecule has 0 aromatic heterocycles. The molecule has 3 saturated carbocycles. The third kappa shape index (κ3) is 8.29. The molecule has 46 heavy (non-hydrogen) atoms. The second kappa shape index (κ2) is 14.6. The van der Waals surface area contributed by atoms with Crippen LogP contribution in [0.5, 0.6) is 0 Å². The van der Waals surface area contributed by atoms with E-state index in [-0.39, 0.29) is 30.0 Å². The summed E-state index contributed by atoms with van der Waals surface area (Å²) in [6.45, 7) is 8.34. The number of hydrogen-bond acceptors (Lipinski definition) is 8. The van der Waals surface area contributed by atoms with Gasteiger partial charge in [0.1, 0.15) is 11.9 Å². The van der Waals surface area contributed by atoms with E-state index in [1.807, 2.05) is 20.8 Å². The summed E-state index contributed by atoms with van der Waals surface area (Å²) in [5.41, 5.74) is 3.79. The van der Waals surface area contributed by atoms with Gasteiger partial charge in [-0.05, 0) is 62.6 Å². The Morgan fingerprint density at radius 2 is 1.83 bits per heavy atom. The van der Waals surface area contributed by atoms with E-state index < -0.39 is 95.2 Å². The number of rotatable bonds is 9. The molecule has 1 amide bonds. The summed E-state index contributed by atoms with van der Waals surface area (Å²) < 4.78 is 84.5. The van der Waals surface area contributed by atoms with Crippen molar-refractivity contribution >= 4 is 35.4 Å². The molecule has 0 aromatic carbocycles. The Kier molecular flexibility index (Phi) is 9.86. The SMILES string of the molecule is O=C(O)C(F)(F)F.[2H]C([2H])([2H])C(CNC(=O)[C@H](N)C(C)C)(SCC(=O)O[C@@H]1C[C@@](C)(C=C)[C@@H](O)[C@H](C)[C@]23CCC(=O)[C@H]2[C@@]1(C)[C@H](C)CC3)C([2H])([2H])[2H]. The van der Waals surface area contributed by atoms with E-state index in [1.54, 1.807) is 19.9 Å². The second-order valence-corrected chi connectivity index (χ2v) is 15.2. The highest BCUT2D eigenvalue weighted by atomic mass is 32.2. The number of esters is 1. The van der Waals surface area contributed by atoms with Crippen molar-refractivity contribution in [1.82, 2.24) is 5.32 Å². The van der Waals surface area contributed by atoms with Crippen molar-refractivity contribution in [1.29, 1.82) is 0 Å². The Hall–Kier alpha value is -2.12. The Morgan fingerprint density at radius 1 is 1.24 bits per heavy atom. The molecule has 0 saturated heterocycles. The van der Waals surface area contributed by atoms with Crippen molar-refractivity contribution in [3.8, 4) is 0 Å². The van der Waals surface area contributed by atoms with Crippen LogP contribution in [0.3, 0.4) is 0 Å². The van der Waals surface area contributed by atoms with Gasteiger partial charge in [-0.1, -0.05) is 47.6 Å². The molecule has 3 fully saturated rings. The molecule has 3 aliphatic carbocycles. The summed E-state index contributed by atoms with van der Waals surface area (Å²) in [5.74, 6) is -5.74. The lowest BCUT2D eigenvalue weighted by molar-refractivity contribution is -0.205. The van der Waals surface area contributed by atoms with E-state index in [0.717, 1.165) is 12.8 Å². The molecule has 3 rings (SSSR count). The molecule has 0 heterocycles. The number of nitrogens with two attached hydrogens (primary N) is 1. The number of carboxylic acids is 1. The number of carbonyl (C=O) groups is 4. The van der Waals surface area contributed by atoms with Crippen molar-refractivity contribution in [3.05, 3.63) is 12.7 Å². The van der Waals surface area contributed by atoms with Crippen molar-refractivity contribution in [2.45, 2.75) is 117 Å². The number of carboxylic acid groups (broad SMARTS) is 1. The molecular formula is C33H53F3N2O7S. The number of ether oxygens (including phenoxy) is 1. The molecule has 9 atom stereocenters. The quantitative estimate of drug-likeness (QED) is 0.191. The number of aliphatic hydroxyl groups is 1. The summed E-state index contributed by atoms with van der Waals surface area (Å²) in [7, 11) is 0. The maximum absolute atomic E-state index is 13.7. The molecule has 0 aromatic rings. The number of alkyl halides is 3. The van der Waals surface area contributed by atoms with E-state index in [2.05, 4.69) is 18.8 Å². The molecule has 3 aliphatic rings. The third-order valence-corrected chi connectivity index (χ3v) is 11.8. The molecule has 0 unspecified atom stereocenters. The van der Waals surface area contributed by atoms with Gasteiger partial charge in [-0.2, -0.15) is 13.2 Å². The van der Waals surface area contributed by atoms with Gasteiger partial charge in [0, 0.05) is 42.7 Å². The molecule has 9 nitrogen and oxygen atoms in total. The molecule has 5 N–H and O–H groups in total. The zero-order valence-electron chi connectivity index (χ0n) is 33.3. The Bertz CT molecular complexity index is 1350. The molecule has 0 radical (unpaired) electrons. The van der Waals surface area contributed by atoms with Gasteiger partial charge in [0.05, 0.1) is 17.9 Å². The average molecular weight is 685 g/mol. The Labute approximate surface area is 283 Å². The van der Waals surface area contributed by atoms with Crippen LogP contribution in [0.4, 0.5) is 13.2 Å². The van der Waals surface area contributed by atoms with Gasteiger partial charge in [0.25, 0.3) is 0 Å². The number of carbonyl (C=O) groups excluding carboxylic acids is 3. The van der Waals surface area contributed by atoms with Gasteiger partial charge in [-0.3, -0.25) is 14.4 Å². The maximum Gasteiger partial charge on any atom is 0.490 e. The zero-order valence-corrected chi connectivity index (χ0v) is 28.1. The molecule has 2 bridgehead atoms. The normalized spacial score (nSPS) is 37.6. The Morgan fingerprint density at radius 3 is 2.33 bits per heavy atom. The number of halogens is 3. The molecule has 264 valence electrons. The number of thioether (sulfide) groups is 1. The lowest BCUT2D eigenvalue weighted by atomic mass is 9.44. The smallest absolute Gasteiger partial charge is 0.475 e. The number of Topliss-reactive ketones (excluding diaryl/α,β-unsaturated/α-hetero) is 1. The van der Waals surface area contributed by atoms with Gasteiger partial charge in [-0.15, -0.1) is 18.3 Å². The van der Waals surface area contributed by atoms with Crippen molar-refractivity contribution in [2.24, 2.45) is 45.7 Å². The molecule has 0 aliphatic heterocycles. The summed E-state index contributed by atoms with van der Waals surface area (Å²) >= 11 is 0.408. The van der Waals surface area contributed by atoms with Crippen LogP contribution in [0.25, 0.3) is 0 Å². The number of amides is 1. The first-order valence-corrected chi connectivity index (χ1v) is 16.4. The minimum atomic E-state index is -5.08. The van der Waals surface area contributed by atoms with Crippen LogP contribution >= 0.6 is 11.8 Å². The van der Waals surface area contributed by atoms with Crippen molar-refractivity contribution in [3.63, 3.8) is 0 Å². The molecule has 0 spiro atoms. The third-order valence-electron chi connectivity index (χ3n) is 10.8. The van der Waals surface area contributed by atoms with Crippen LogP contribution in [-0.4, -0.2) is 75.3 Å². The second-order valence-electron chi connectivity index (χ2n) is 14.0. The summed E-state index contributed by atoms with van der Waals surface area (Å²) in [6.07, 6.45) is -2.32. The summed E-state index contributed by atoms with van der Waals surface area (Å²) in [6, 6.07) is -0.980. The zero-order chi connectivity index (χ0) is 40.6. The number of hydrogen-bond donors (Lipinski definition) is 4. The summed E-state index contributed by atoms with van der Waals surface area (Å²) in [5, 5.41) is 21.2. The van der Waals surface area contributed by atoms with Gasteiger partial charge in [-0.25, -0.2) is 4.79 Å². The topological polar surface area (TPSA) is 156 Å². The van der Waals surface area contributed by atoms with E-state index in [4.69, 9.17) is 28.6 Å². The van der Waals surface area contributed by atoms with Crippen LogP contribution < -0.4 is 11.1 Å². The highest BCUT2D eigenvalue weighted by Crippen LogP contribution is 2.68. The van der Waals surface area contributed by atoms with Crippen LogP contribution in [0.2, 0.25) is 0 Å². The first kappa shape index (κ1) is 31.2. The van der Waals surface area contributed by atoms with E-state index in [9.17, 15) is 32.7 Å². The minimum Gasteiger partial charge on any atom is -0.475 e. The van der Waals surface area contributed by atoms with Crippen LogP contribution in [0.15, 0.2) is 12.7 Å². The minimum absolute atomic E-state index is 0.0103. The lowest BCUT2D eigenvalue weighted by Gasteiger charge is -2.61. The monoisotopic (exact) mass is 684 g/mol. The fraction of sp³-hybridized carbons (Fsp3) is 0.818. The average Bonchev–Trinajstić information content (AvgIpc) is 3.37. The highest BCUT2D eigenvalue weighted by molar-refractivity contribution is 8.01. The lowest BCUT2D eigenvalue weighted by Crippen LogP contribution is -2.63. The van der Waals surface area contributed by atoms with Gasteiger partial charge in [0.2, 0.25) is 5.91 Å². The maximum atomic E-state index is 13.7. The van der Waals surface area contributed by atoms with Crippen molar-refractivity contribution in [2.75, 3.05) is 12.3 Å². The van der Waals surface area contributed by atoms with E-state index >= 15 is 0 Å². The molecule has 13 heteroatoms. The molecular weight excluding hydrogens is 625 g/mol. The predicted octanol–water partition coefficient (Wildman–Crippen LogP) is 5.14. The van der Waals surface area contributed by atoms with Crippen LogP contribution in [0.1, 0.15) is 95.6 Å². The van der Waals surface area contributed by atoms with Crippen molar-refractivity contribution < 1.29 is 55.5 Å². The number of nitrogens with one attached hydrogen (secondary N) is 1. The van der Waals surface area contributed by atoms with Gasteiger partial charge >= 0.3 is 18.1 Å². The van der Waals surface area contributed by atoms with Gasteiger partial charge in [0.15, 0.2) is 0 Å². The number of aliphatic hydroxyl groups excluding tert-OH is 1. The van der Waals surface area contributed by atoms with E-state index in [0.29, 0.717) is 24.6 Å². The van der Waals surface area contributed by atoms with Crippen LogP contribution in [0, 0.1) is 39.9 Å². The largest absolute Gasteiger partial charge is 0.490 e. The first-order valence-electron chi connectivity index (χ1n) is 18.4. The Balaban J connectivity index is 0.00000121. The number of ketones is 1. The van der Waals surface area contributed by atoms with Crippen LogP contribution in [-0.2, 0) is 23.9 Å². The summed E-state index contributed by atoms with van der Waals surface area (Å²) in [4.78, 5) is 48.8. The highest BCUT2D eigenvalue weighted by Gasteiger charge is 2.68. The predicted molar refractivity (Wildman–Crippen MR) is 171 cm³/mol. The number of aliphatic carboxylic acids is 1. The van der Waals surface area contributed by atoms with Gasteiger partial charge < -0.3 is 26.0 Å². The standard InChI is InChI=1S/C31H52N2O5S.C2HF3O2/c1-10-29(8)15-22(38-23(35)16-39-28(6,7)17-33-27(37)24(32)18(2)3)30(9)19(4)11-13-31(20(5)26(29)36)14-12-21(34)25(30)31;3-2(4,5)1(6)7/h10,18-20,22,24-26,36H,1,11-17,32H2,2-9H3,(H,33,37);(H,6,7)/t19-,20+,22-,24-,25+,26+,29-,30+,31+;/m1./s1/i6D3,7D3;. The fourth-order valence-corrected chi connectivity index (χ4v) is 8.17. The fourth-order valence-electron chi connectivity index (χ4n) is 7.56. The first-order chi connectivity index (χ1) is 23.4.